The van der Waals surface area contributed by atoms with Gasteiger partial charge in [0.1, 0.15) is 11.4 Å². The van der Waals surface area contributed by atoms with Crippen molar-refractivity contribution < 1.29 is 18.0 Å². The fraction of sp³-hybridized carbons (Fsp3) is 0.375. The zero-order valence-corrected chi connectivity index (χ0v) is 26.0. The third kappa shape index (κ3) is 7.33. The number of rotatable bonds is 9. The lowest BCUT2D eigenvalue weighted by Crippen LogP contribution is -2.46. The number of nitrogens with zero attached hydrogens (tertiary/aromatic N) is 6. The number of anilines is 5. The first-order valence-electron chi connectivity index (χ1n) is 15.2. The number of piperazine rings is 1. The number of amides is 1. The number of aryl methyl sites for hydroxylation is 1. The Balaban J connectivity index is 1.43. The van der Waals surface area contributed by atoms with Crippen LogP contribution >= 0.6 is 0 Å². The Labute approximate surface area is 266 Å². The van der Waals surface area contributed by atoms with Gasteiger partial charge in [-0.25, -0.2) is 9.98 Å². The number of nitrogens with one attached hydrogen (secondary N) is 2. The van der Waals surface area contributed by atoms with Gasteiger partial charge in [-0.3, -0.25) is 4.79 Å². The standard InChI is InChI=1S/C32H39F3N10O/c1-4-38-26-27(41-31(42-28(26)36)45-10-6-7-11-45)29(37)40-25-16-21(9-8-20(25)3)30(46)39-23-17-22(32(33,34)35)18-24(19-23)44-14-12-43(5-2)13-15-44/h4,8-9,16-19,38H,1,5-7,10-15H2,2-3H3,(H2,37,40)(H,39,46)(H2,36,41,42). The SMILES string of the molecule is C=CNc1c(N)nc(N2CCCC2)nc1C(N)=Nc1cc(C(=O)Nc2cc(N3CCN(CC)CC3)cc(C(F)(F)F)c2)ccc1C. The van der Waals surface area contributed by atoms with E-state index in [1.54, 1.807) is 25.1 Å². The van der Waals surface area contributed by atoms with Crippen molar-refractivity contribution in [1.82, 2.24) is 14.9 Å². The topological polar surface area (TPSA) is 141 Å². The van der Waals surface area contributed by atoms with Crippen LogP contribution in [0.3, 0.4) is 0 Å². The predicted molar refractivity (Wildman–Crippen MR) is 177 cm³/mol. The average molecular weight is 637 g/mol. The van der Waals surface area contributed by atoms with Crippen molar-refractivity contribution in [3.8, 4) is 0 Å². The quantitative estimate of drug-likeness (QED) is 0.189. The second-order valence-corrected chi connectivity index (χ2v) is 11.3. The van der Waals surface area contributed by atoms with Gasteiger partial charge in [-0.15, -0.1) is 0 Å². The number of carbonyl (C=O) groups is 1. The van der Waals surface area contributed by atoms with Crippen molar-refractivity contribution in [2.24, 2.45) is 10.7 Å². The van der Waals surface area contributed by atoms with Crippen LogP contribution in [-0.4, -0.2) is 72.4 Å². The van der Waals surface area contributed by atoms with Crippen molar-refractivity contribution >= 4 is 46.3 Å². The Morgan fingerprint density at radius 2 is 1.76 bits per heavy atom. The van der Waals surface area contributed by atoms with Crippen LogP contribution in [-0.2, 0) is 6.18 Å². The Kier molecular flexibility index (Phi) is 9.65. The number of benzene rings is 2. The lowest BCUT2D eigenvalue weighted by atomic mass is 10.1. The molecule has 11 nitrogen and oxygen atoms in total. The maximum absolute atomic E-state index is 13.9. The fourth-order valence-corrected chi connectivity index (χ4v) is 5.56. The first kappa shape index (κ1) is 32.5. The zero-order chi connectivity index (χ0) is 33.0. The van der Waals surface area contributed by atoms with Crippen LogP contribution in [0.1, 0.15) is 46.9 Å². The molecular formula is C32H39F3N10O. The summed E-state index contributed by atoms with van der Waals surface area (Å²) < 4.78 is 41.6. The summed E-state index contributed by atoms with van der Waals surface area (Å²) in [6.45, 7) is 12.7. The second kappa shape index (κ2) is 13.6. The smallest absolute Gasteiger partial charge is 0.382 e. The molecule has 0 bridgehead atoms. The van der Waals surface area contributed by atoms with E-state index in [9.17, 15) is 18.0 Å². The molecular weight excluding hydrogens is 597 g/mol. The average Bonchev–Trinajstić information content (AvgIpc) is 3.58. The van der Waals surface area contributed by atoms with Crippen LogP contribution in [0.25, 0.3) is 0 Å². The molecule has 1 aromatic heterocycles. The molecule has 2 aromatic carbocycles. The zero-order valence-electron chi connectivity index (χ0n) is 26.0. The summed E-state index contributed by atoms with van der Waals surface area (Å²) in [6, 6.07) is 8.45. The number of hydrogen-bond acceptors (Lipinski definition) is 9. The third-order valence-electron chi connectivity index (χ3n) is 8.20. The van der Waals surface area contributed by atoms with Gasteiger partial charge in [-0.05, 0) is 68.4 Å². The Morgan fingerprint density at radius 1 is 1.04 bits per heavy atom. The van der Waals surface area contributed by atoms with Crippen LogP contribution in [0.4, 0.5) is 47.7 Å². The van der Waals surface area contributed by atoms with Gasteiger partial charge in [0, 0.05) is 56.2 Å². The minimum absolute atomic E-state index is 0.0326. The number of alkyl halides is 3. The van der Waals surface area contributed by atoms with E-state index < -0.39 is 17.6 Å². The van der Waals surface area contributed by atoms with Crippen molar-refractivity contribution in [3.63, 3.8) is 0 Å². The molecule has 2 saturated heterocycles. The van der Waals surface area contributed by atoms with E-state index in [0.29, 0.717) is 41.7 Å². The highest BCUT2D eigenvalue weighted by Gasteiger charge is 2.32. The normalized spacial score (nSPS) is 16.1. The van der Waals surface area contributed by atoms with Gasteiger partial charge < -0.3 is 36.8 Å². The van der Waals surface area contributed by atoms with Crippen LogP contribution in [0, 0.1) is 6.92 Å². The number of amidine groups is 1. The molecule has 1 amide bonds. The molecule has 244 valence electrons. The van der Waals surface area contributed by atoms with Gasteiger partial charge in [0.25, 0.3) is 5.91 Å². The summed E-state index contributed by atoms with van der Waals surface area (Å²) in [5, 5.41) is 5.59. The molecule has 14 heteroatoms. The minimum atomic E-state index is -4.58. The van der Waals surface area contributed by atoms with Gasteiger partial charge in [0.15, 0.2) is 11.7 Å². The van der Waals surface area contributed by atoms with Crippen LogP contribution in [0.2, 0.25) is 0 Å². The van der Waals surface area contributed by atoms with Gasteiger partial charge in [0.05, 0.1) is 11.3 Å². The third-order valence-corrected chi connectivity index (χ3v) is 8.20. The molecule has 0 aliphatic carbocycles. The number of nitrogen functional groups attached to an aromatic ring is 1. The van der Waals surface area contributed by atoms with Gasteiger partial charge in [-0.1, -0.05) is 19.6 Å². The summed E-state index contributed by atoms with van der Waals surface area (Å²) in [6.07, 6.45) is -1.12. The van der Waals surface area contributed by atoms with Gasteiger partial charge in [-0.2, -0.15) is 18.2 Å². The maximum Gasteiger partial charge on any atom is 0.416 e. The van der Waals surface area contributed by atoms with E-state index in [2.05, 4.69) is 44.0 Å². The maximum atomic E-state index is 13.9. The second-order valence-electron chi connectivity index (χ2n) is 11.3. The van der Waals surface area contributed by atoms with Gasteiger partial charge >= 0.3 is 6.18 Å². The molecule has 2 fully saturated rings. The Morgan fingerprint density at radius 3 is 2.41 bits per heavy atom. The fourth-order valence-electron chi connectivity index (χ4n) is 5.56. The summed E-state index contributed by atoms with van der Waals surface area (Å²) in [5.74, 6) is 0.0655. The van der Waals surface area contributed by atoms with Crippen LogP contribution in [0.15, 0.2) is 54.2 Å². The number of carbonyl (C=O) groups excluding carboxylic acids is 1. The van der Waals surface area contributed by atoms with E-state index >= 15 is 0 Å². The Bertz CT molecular complexity index is 1630. The van der Waals surface area contributed by atoms with Crippen molar-refractivity contribution in [2.45, 2.75) is 32.9 Å². The molecule has 5 rings (SSSR count). The molecule has 0 unspecified atom stereocenters. The highest BCUT2D eigenvalue weighted by molar-refractivity contribution is 6.06. The van der Waals surface area contributed by atoms with Gasteiger partial charge in [0.2, 0.25) is 5.95 Å². The molecule has 0 spiro atoms. The highest BCUT2D eigenvalue weighted by Crippen LogP contribution is 2.35. The van der Waals surface area contributed by atoms with Crippen LogP contribution in [0.5, 0.6) is 0 Å². The summed E-state index contributed by atoms with van der Waals surface area (Å²) in [4.78, 5) is 33.2. The summed E-state index contributed by atoms with van der Waals surface area (Å²) >= 11 is 0. The lowest BCUT2D eigenvalue weighted by Gasteiger charge is -2.36. The summed E-state index contributed by atoms with van der Waals surface area (Å²) in [7, 11) is 0. The predicted octanol–water partition coefficient (Wildman–Crippen LogP) is 4.97. The molecule has 3 aromatic rings. The monoisotopic (exact) mass is 636 g/mol. The largest absolute Gasteiger partial charge is 0.416 e. The molecule has 2 aliphatic heterocycles. The van der Waals surface area contributed by atoms with Crippen molar-refractivity contribution in [2.75, 3.05) is 72.0 Å². The number of nitrogens with two attached hydrogens (primary N) is 2. The number of halogens is 3. The number of likely N-dealkylation sites (N-methyl/N-ethyl adjacent to an activating group) is 1. The van der Waals surface area contributed by atoms with E-state index in [0.717, 1.165) is 57.7 Å². The van der Waals surface area contributed by atoms with Crippen molar-refractivity contribution in [1.29, 1.82) is 0 Å². The molecule has 0 atom stereocenters. The molecule has 2 aliphatic rings. The number of aromatic nitrogens is 2. The van der Waals surface area contributed by atoms with E-state index in [1.165, 1.54) is 12.3 Å². The summed E-state index contributed by atoms with van der Waals surface area (Å²) in [5.41, 5.74) is 14.3. The van der Waals surface area contributed by atoms with Crippen LogP contribution < -0.4 is 31.9 Å². The van der Waals surface area contributed by atoms with E-state index in [1.807, 2.05) is 9.80 Å². The number of hydrogen-bond donors (Lipinski definition) is 4. The first-order chi connectivity index (χ1) is 22.0. The molecule has 3 heterocycles. The van der Waals surface area contributed by atoms with Crippen molar-refractivity contribution in [3.05, 3.63) is 71.6 Å². The van der Waals surface area contributed by atoms with E-state index in [4.69, 9.17) is 11.5 Å². The molecule has 0 radical (unpaired) electrons. The lowest BCUT2D eigenvalue weighted by molar-refractivity contribution is -0.137. The molecule has 6 N–H and O–H groups in total. The first-order valence-corrected chi connectivity index (χ1v) is 15.2. The Hall–Kier alpha value is -4.85. The molecule has 46 heavy (non-hydrogen) atoms. The number of aliphatic imine (C=N–C) groups is 1. The minimum Gasteiger partial charge on any atom is -0.382 e. The molecule has 0 saturated carbocycles. The highest BCUT2D eigenvalue weighted by atomic mass is 19.4. The van der Waals surface area contributed by atoms with E-state index in [-0.39, 0.29) is 28.6 Å².